The number of hydrogen-bond donors (Lipinski definition) is 10. The highest BCUT2D eigenvalue weighted by atomic mass is 16.6. The first-order chi connectivity index (χ1) is 27.0. The van der Waals surface area contributed by atoms with Crippen molar-refractivity contribution in [1.82, 2.24) is 54.1 Å². The zero-order valence-corrected chi connectivity index (χ0v) is 30.0. The first-order valence-electron chi connectivity index (χ1n) is 17.8. The highest BCUT2D eigenvalue weighted by molar-refractivity contribution is 5.92. The van der Waals surface area contributed by atoms with Gasteiger partial charge in [0.1, 0.15) is 47.7 Å². The molecule has 2 unspecified atom stereocenters. The Bertz CT molecular complexity index is 2190. The lowest BCUT2D eigenvalue weighted by atomic mass is 9.90. The normalized spacial score (nSPS) is 26.9. The molecule has 12 N–H and O–H groups in total. The number of imidazole rings is 2. The predicted octanol–water partition coefficient (Wildman–Crippen LogP) is -2.44. The van der Waals surface area contributed by atoms with Gasteiger partial charge in [-0.25, -0.2) is 20.1 Å². The van der Waals surface area contributed by atoms with Crippen molar-refractivity contribution in [3.63, 3.8) is 0 Å². The van der Waals surface area contributed by atoms with E-state index in [1.54, 1.807) is 0 Å². The number of hydrogen-bond acceptors (Lipinski definition) is 20. The molecule has 56 heavy (non-hydrogen) atoms. The van der Waals surface area contributed by atoms with Gasteiger partial charge in [0, 0.05) is 19.5 Å². The molecule has 3 fully saturated rings. The Hall–Kier alpha value is -5.47. The molecule has 1 aliphatic carbocycles. The van der Waals surface area contributed by atoms with E-state index in [2.05, 4.69) is 50.8 Å². The number of carbonyl (C=O) groups excluding carboxylic acids is 1. The molecule has 3 aliphatic rings. The van der Waals surface area contributed by atoms with Gasteiger partial charge in [-0.1, -0.05) is 19.3 Å². The van der Waals surface area contributed by atoms with Crippen LogP contribution in [0.5, 0.6) is 0 Å². The van der Waals surface area contributed by atoms with Gasteiger partial charge in [-0.2, -0.15) is 30.1 Å². The molecule has 1 saturated carbocycles. The quantitative estimate of drug-likeness (QED) is 0.0548. The van der Waals surface area contributed by atoms with Gasteiger partial charge in [0.2, 0.25) is 5.95 Å². The van der Waals surface area contributed by atoms with E-state index in [-0.39, 0.29) is 46.3 Å². The average Bonchev–Trinajstić information content (AvgIpc) is 4.05. The Morgan fingerprint density at radius 1 is 0.857 bits per heavy atom. The van der Waals surface area contributed by atoms with Crippen molar-refractivity contribution in [2.24, 2.45) is 11.0 Å². The van der Waals surface area contributed by atoms with E-state index in [0.717, 1.165) is 12.8 Å². The van der Waals surface area contributed by atoms with Crippen LogP contribution in [0.2, 0.25) is 0 Å². The Balaban J connectivity index is 0.000000172. The number of aromatic nitrogens is 10. The van der Waals surface area contributed by atoms with Crippen molar-refractivity contribution in [1.29, 1.82) is 0 Å². The maximum Gasteiger partial charge on any atom is 0.271 e. The summed E-state index contributed by atoms with van der Waals surface area (Å²) < 4.78 is 15.2. The van der Waals surface area contributed by atoms with Crippen molar-refractivity contribution in [2.45, 2.75) is 81.2 Å². The third-order valence-electron chi connectivity index (χ3n) is 9.82. The van der Waals surface area contributed by atoms with E-state index < -0.39 is 62.3 Å². The maximum atomic E-state index is 11.7. The number of nitrogens with one attached hydrogen (secondary N) is 2. The topological polar surface area (TPSA) is 350 Å². The first kappa shape index (κ1) is 38.8. The smallest absolute Gasteiger partial charge is 0.271 e. The zero-order chi connectivity index (χ0) is 39.7. The summed E-state index contributed by atoms with van der Waals surface area (Å²) >= 11 is 0. The van der Waals surface area contributed by atoms with Gasteiger partial charge in [0.25, 0.3) is 11.9 Å². The maximum absolute atomic E-state index is 11.7. The van der Waals surface area contributed by atoms with Crippen LogP contribution >= 0.6 is 0 Å². The molecule has 0 aromatic carbocycles. The molecular formula is C32H43N15O9. The minimum Gasteiger partial charge on any atom is -0.394 e. The zero-order valence-electron chi connectivity index (χ0n) is 30.0. The number of fused-ring (bicyclic) bond motifs is 2. The molecule has 2 saturated heterocycles. The Kier molecular flexibility index (Phi) is 11.3. The fraction of sp³-hybridized carbons (Fsp3) is 0.531. The second-order valence-electron chi connectivity index (χ2n) is 13.5. The number of rotatable bonds is 9. The fourth-order valence-corrected chi connectivity index (χ4v) is 6.78. The van der Waals surface area contributed by atoms with E-state index in [9.17, 15) is 35.4 Å². The summed E-state index contributed by atoms with van der Waals surface area (Å²) in [7, 11) is 1.49. The van der Waals surface area contributed by atoms with Crippen LogP contribution in [-0.2, 0) is 9.47 Å². The lowest BCUT2D eigenvalue weighted by Gasteiger charge is -2.17. The first-order valence-corrected chi connectivity index (χ1v) is 17.8. The van der Waals surface area contributed by atoms with E-state index in [4.69, 9.17) is 20.9 Å². The van der Waals surface area contributed by atoms with Crippen LogP contribution in [0.3, 0.4) is 0 Å². The molecule has 8 rings (SSSR count). The Labute approximate surface area is 316 Å². The summed E-state index contributed by atoms with van der Waals surface area (Å²) in [6, 6.07) is 1.49. The number of amides is 1. The minimum atomic E-state index is -1.31. The molecule has 1 amide bonds. The van der Waals surface area contributed by atoms with Crippen LogP contribution in [0, 0.1) is 5.92 Å². The standard InChI is InChI=1S/C17H25N7O4.C15H18N8O5/c18-14-11-15(22-17(21-14)23-20-6-9-4-2-1-3-5-9)24(8-19-11)16-13(27)12(26)10(7-25)28-16;1-17-13(27)6-2-3-23(21-6)15-19-11(16)8-12(20-15)22(5-18-8)14-10(26)9(25)7(4-24)28-14/h6,8-10,12-13,16,25-27H,1-5,7H2,(H3,18,21,22,23);2-3,5,7,9-10,14,24-26H,4H2,1H3,(H,17,27)(H2,16,19,20)/b20-6+;/t10-,12+,13?,16-;7-,9+,10?,14-/m11/s1. The van der Waals surface area contributed by atoms with Gasteiger partial charge in [0.05, 0.1) is 25.9 Å². The van der Waals surface area contributed by atoms with Gasteiger partial charge >= 0.3 is 0 Å². The summed E-state index contributed by atoms with van der Waals surface area (Å²) in [5, 5.41) is 69.9. The van der Waals surface area contributed by atoms with Crippen LogP contribution in [0.25, 0.3) is 28.3 Å². The van der Waals surface area contributed by atoms with Crippen molar-refractivity contribution in [3.05, 3.63) is 30.6 Å². The van der Waals surface area contributed by atoms with E-state index in [0.29, 0.717) is 17.1 Å². The minimum absolute atomic E-state index is 0.0579. The number of anilines is 3. The number of carbonyl (C=O) groups is 1. The number of nitrogen functional groups attached to an aromatic ring is 2. The van der Waals surface area contributed by atoms with Gasteiger partial charge in [-0.15, -0.1) is 0 Å². The van der Waals surface area contributed by atoms with Crippen LogP contribution < -0.4 is 22.2 Å². The molecule has 0 bridgehead atoms. The van der Waals surface area contributed by atoms with Crippen LogP contribution in [-0.4, -0.2) is 148 Å². The van der Waals surface area contributed by atoms with Crippen molar-refractivity contribution < 1.29 is 44.9 Å². The van der Waals surface area contributed by atoms with E-state index in [1.165, 1.54) is 65.0 Å². The Morgan fingerprint density at radius 2 is 1.43 bits per heavy atom. The third-order valence-corrected chi connectivity index (χ3v) is 9.82. The highest BCUT2D eigenvalue weighted by Gasteiger charge is 2.45. The largest absolute Gasteiger partial charge is 0.394 e. The predicted molar refractivity (Wildman–Crippen MR) is 195 cm³/mol. The second-order valence-corrected chi connectivity index (χ2v) is 13.5. The van der Waals surface area contributed by atoms with Gasteiger partial charge in [-0.3, -0.25) is 13.9 Å². The second kappa shape index (κ2) is 16.3. The van der Waals surface area contributed by atoms with Crippen LogP contribution in [0.4, 0.5) is 17.6 Å². The molecule has 8 atom stereocenters. The summed E-state index contributed by atoms with van der Waals surface area (Å²) in [4.78, 5) is 37.1. The molecule has 5 aromatic heterocycles. The van der Waals surface area contributed by atoms with E-state index >= 15 is 0 Å². The molecule has 24 nitrogen and oxygen atoms in total. The van der Waals surface area contributed by atoms with Gasteiger partial charge < -0.3 is 56.9 Å². The third kappa shape index (κ3) is 7.42. The molecular weight excluding hydrogens is 738 g/mol. The SMILES string of the molecule is CNC(=O)c1ccn(-c2nc(N)c3ncn([C@@H]4O[C@H](CO)[C@H](O)C4O)c3n2)n1.Nc1nc(N/N=C/C2CCCCC2)nc2c1ncn2[C@@H]1O[C@H](CO)[C@H](O)C1O. The lowest BCUT2D eigenvalue weighted by Crippen LogP contribution is -2.33. The van der Waals surface area contributed by atoms with Crippen LogP contribution in [0.15, 0.2) is 30.0 Å². The lowest BCUT2D eigenvalue weighted by molar-refractivity contribution is -0.0511. The van der Waals surface area contributed by atoms with Crippen molar-refractivity contribution in [2.75, 3.05) is 37.2 Å². The van der Waals surface area contributed by atoms with Crippen LogP contribution in [0.1, 0.15) is 55.0 Å². The van der Waals surface area contributed by atoms with Gasteiger partial charge in [-0.05, 0) is 24.8 Å². The van der Waals surface area contributed by atoms with Crippen molar-refractivity contribution >= 4 is 52.0 Å². The summed E-state index contributed by atoms with van der Waals surface area (Å²) in [5.74, 6) is 0.573. The Morgan fingerprint density at radius 3 is 1.98 bits per heavy atom. The summed E-state index contributed by atoms with van der Waals surface area (Å²) in [6.07, 6.45) is 3.24. The molecule has 0 spiro atoms. The fourth-order valence-electron chi connectivity index (χ4n) is 6.78. The number of nitrogens with zero attached hydrogens (tertiary/aromatic N) is 11. The average molecular weight is 782 g/mol. The monoisotopic (exact) mass is 781 g/mol. The van der Waals surface area contributed by atoms with E-state index in [1.807, 2.05) is 6.21 Å². The molecule has 5 aromatic rings. The molecule has 24 heteroatoms. The number of aliphatic hydroxyl groups is 6. The highest BCUT2D eigenvalue weighted by Crippen LogP contribution is 2.34. The number of hydrazone groups is 1. The molecule has 2 aliphatic heterocycles. The van der Waals surface area contributed by atoms with Crippen molar-refractivity contribution in [3.8, 4) is 5.95 Å². The number of ether oxygens (including phenoxy) is 2. The summed E-state index contributed by atoms with van der Waals surface area (Å²) in [6.45, 7) is -0.875. The molecule has 300 valence electrons. The molecule has 7 heterocycles. The number of aliphatic hydroxyl groups excluding tert-OH is 6. The molecule has 0 radical (unpaired) electrons. The van der Waals surface area contributed by atoms with Gasteiger partial charge in [0.15, 0.2) is 41.1 Å². The summed E-state index contributed by atoms with van der Waals surface area (Å²) in [5.41, 5.74) is 16.1. The number of nitrogens with two attached hydrogens (primary N) is 2.